The topological polar surface area (TPSA) is 39.7 Å². The van der Waals surface area contributed by atoms with Gasteiger partial charge in [0.05, 0.1) is 16.9 Å². The van der Waals surface area contributed by atoms with Gasteiger partial charge in [-0.05, 0) is 25.1 Å². The molecular weight excluding hydrogens is 534 g/mol. The monoisotopic (exact) mass is 552 g/mol. The maximum absolute atomic E-state index is 4.98. The van der Waals surface area contributed by atoms with E-state index in [0.29, 0.717) is 0 Å². The minimum atomic E-state index is 1.01. The zero-order chi connectivity index (χ0) is 16.2. The molecule has 7 heteroatoms. The average Bonchev–Trinajstić information content (AvgIpc) is 2.89. The van der Waals surface area contributed by atoms with Crippen LogP contribution >= 0.6 is 48.6 Å². The number of aryl methyl sites for hydroxylation is 1. The highest BCUT2D eigenvalue weighted by atomic mass is 128. The van der Waals surface area contributed by atoms with Crippen molar-refractivity contribution in [2.45, 2.75) is 6.92 Å². The Morgan fingerprint density at radius 3 is 2.70 bits per heavy atom. The van der Waals surface area contributed by atoms with Crippen LogP contribution in [0.4, 0.5) is 16.4 Å². The van der Waals surface area contributed by atoms with Gasteiger partial charge < -0.3 is 15.5 Å². The highest BCUT2D eigenvalue weighted by molar-refractivity contribution is 15.0. The second kappa shape index (κ2) is 8.13. The van der Waals surface area contributed by atoms with Gasteiger partial charge in [0.25, 0.3) is 0 Å². The molecule has 1 aromatic carbocycles. The quantitative estimate of drug-likeness (QED) is 0.459. The predicted octanol–water partition coefficient (Wildman–Crippen LogP) is 4.87. The van der Waals surface area contributed by atoms with E-state index in [1.165, 1.54) is 15.4 Å². The van der Waals surface area contributed by atoms with Crippen molar-refractivity contribution in [3.8, 4) is 0 Å². The SMILES string of the molecule is Cc1cc2c(s1)Nc1ccccc1N=C2N1CCNCC1.II. The van der Waals surface area contributed by atoms with Crippen LogP contribution in [0.2, 0.25) is 0 Å². The number of hydrogen-bond acceptors (Lipinski definition) is 5. The zero-order valence-electron chi connectivity index (χ0n) is 12.8. The first kappa shape index (κ1) is 17.4. The number of para-hydroxylation sites is 2. The van der Waals surface area contributed by atoms with Crippen molar-refractivity contribution in [2.75, 3.05) is 31.5 Å². The minimum absolute atomic E-state index is 1.01. The summed E-state index contributed by atoms with van der Waals surface area (Å²) in [4.78, 5) is 8.69. The van der Waals surface area contributed by atoms with Gasteiger partial charge in [0, 0.05) is 68.3 Å². The van der Waals surface area contributed by atoms with Gasteiger partial charge in [-0.25, -0.2) is 4.99 Å². The van der Waals surface area contributed by atoms with Crippen LogP contribution in [0, 0.1) is 6.92 Å². The number of nitrogens with zero attached hydrogens (tertiary/aromatic N) is 2. The van der Waals surface area contributed by atoms with Crippen LogP contribution < -0.4 is 10.6 Å². The number of anilines is 2. The molecule has 3 heterocycles. The fourth-order valence-corrected chi connectivity index (χ4v) is 3.78. The number of rotatable bonds is 0. The van der Waals surface area contributed by atoms with Crippen LogP contribution in [0.1, 0.15) is 10.4 Å². The largest absolute Gasteiger partial charge is 0.353 e. The lowest BCUT2D eigenvalue weighted by Gasteiger charge is -2.30. The van der Waals surface area contributed by atoms with Crippen molar-refractivity contribution in [1.29, 1.82) is 0 Å². The number of hydrogen-bond donors (Lipinski definition) is 2. The van der Waals surface area contributed by atoms with Crippen LogP contribution in [0.5, 0.6) is 0 Å². The maximum Gasteiger partial charge on any atom is 0.139 e. The van der Waals surface area contributed by atoms with Crippen LogP contribution in [-0.2, 0) is 0 Å². The first-order valence-corrected chi connectivity index (χ1v) is 14.6. The number of fused-ring (bicyclic) bond motifs is 2. The molecule has 0 amide bonds. The number of nitrogens with one attached hydrogen (secondary N) is 2. The fraction of sp³-hybridized carbons (Fsp3) is 0.312. The Kier molecular flexibility index (Phi) is 6.16. The Hall–Kier alpha value is -0.390. The van der Waals surface area contributed by atoms with Gasteiger partial charge in [-0.2, -0.15) is 0 Å². The van der Waals surface area contributed by atoms with Crippen LogP contribution in [0.15, 0.2) is 35.3 Å². The van der Waals surface area contributed by atoms with Gasteiger partial charge in [0.1, 0.15) is 10.8 Å². The summed E-state index contributed by atoms with van der Waals surface area (Å²) in [5, 5.41) is 8.17. The molecule has 2 aliphatic rings. The molecule has 0 saturated carbocycles. The lowest BCUT2D eigenvalue weighted by molar-refractivity contribution is 0.358. The summed E-state index contributed by atoms with van der Waals surface area (Å²) in [5.74, 6) is 1.10. The number of halogens is 2. The van der Waals surface area contributed by atoms with E-state index in [1.54, 1.807) is 11.3 Å². The summed E-state index contributed by atoms with van der Waals surface area (Å²) in [6.45, 7) is 6.21. The molecule has 0 radical (unpaired) electrons. The van der Waals surface area contributed by atoms with E-state index in [4.69, 9.17) is 4.99 Å². The zero-order valence-corrected chi connectivity index (χ0v) is 17.9. The minimum Gasteiger partial charge on any atom is -0.353 e. The second-order valence-electron chi connectivity index (χ2n) is 5.41. The smallest absolute Gasteiger partial charge is 0.139 e. The van der Waals surface area contributed by atoms with Gasteiger partial charge in [0.2, 0.25) is 0 Å². The number of amidine groups is 1. The van der Waals surface area contributed by atoms with Gasteiger partial charge in [-0.15, -0.1) is 11.3 Å². The standard InChI is InChI=1S/C16H18N4S.I2/c1-11-10-12-15(20-8-6-17-7-9-20)18-13-4-2-3-5-14(13)19-16(12)21-11;1-2/h2-5,10,17,19H,6-9H2,1H3;. The molecule has 0 bridgehead atoms. The molecule has 0 unspecified atom stereocenters. The summed E-state index contributed by atoms with van der Waals surface area (Å²) in [6.07, 6.45) is 0. The van der Waals surface area contributed by atoms with E-state index in [1.807, 2.05) is 6.07 Å². The van der Waals surface area contributed by atoms with E-state index in [0.717, 1.165) is 43.4 Å². The molecule has 2 N–H and O–H groups in total. The summed E-state index contributed by atoms with van der Waals surface area (Å²) >= 11 is 6.04. The highest BCUT2D eigenvalue weighted by Gasteiger charge is 2.24. The maximum atomic E-state index is 4.98. The van der Waals surface area contributed by atoms with Crippen LogP contribution in [-0.4, -0.2) is 36.9 Å². The second-order valence-corrected chi connectivity index (χ2v) is 6.67. The third kappa shape index (κ3) is 3.83. The van der Waals surface area contributed by atoms with Crippen LogP contribution in [0.25, 0.3) is 0 Å². The fourth-order valence-electron chi connectivity index (χ4n) is 2.86. The number of thiophene rings is 1. The Bertz CT molecular complexity index is 708. The van der Waals surface area contributed by atoms with E-state index in [9.17, 15) is 0 Å². The van der Waals surface area contributed by atoms with E-state index < -0.39 is 0 Å². The molecule has 0 spiro atoms. The third-order valence-electron chi connectivity index (χ3n) is 3.89. The lowest BCUT2D eigenvalue weighted by atomic mass is 10.2. The third-order valence-corrected chi connectivity index (χ3v) is 4.86. The number of benzene rings is 1. The molecule has 2 aromatic rings. The van der Waals surface area contributed by atoms with Crippen molar-refractivity contribution in [2.24, 2.45) is 4.99 Å². The number of piperazine rings is 1. The molecule has 122 valence electrons. The molecule has 0 aliphatic carbocycles. The van der Waals surface area contributed by atoms with Crippen molar-refractivity contribution < 1.29 is 0 Å². The highest BCUT2D eigenvalue weighted by Crippen LogP contribution is 2.38. The average molecular weight is 552 g/mol. The van der Waals surface area contributed by atoms with Crippen molar-refractivity contribution in [3.63, 3.8) is 0 Å². The van der Waals surface area contributed by atoms with Crippen molar-refractivity contribution in [1.82, 2.24) is 10.2 Å². The summed E-state index contributed by atoms with van der Waals surface area (Å²) in [6, 6.07) is 10.5. The molecule has 23 heavy (non-hydrogen) atoms. The van der Waals surface area contributed by atoms with Gasteiger partial charge >= 0.3 is 0 Å². The van der Waals surface area contributed by atoms with E-state index >= 15 is 0 Å². The molecule has 4 nitrogen and oxygen atoms in total. The van der Waals surface area contributed by atoms with Crippen LogP contribution in [0.3, 0.4) is 0 Å². The van der Waals surface area contributed by atoms with Gasteiger partial charge in [-0.3, -0.25) is 0 Å². The molecule has 4 rings (SSSR count). The number of aliphatic imine (C=N–C) groups is 1. The Balaban J connectivity index is 0.000000753. The molecule has 1 fully saturated rings. The molecule has 1 saturated heterocycles. The van der Waals surface area contributed by atoms with E-state index in [2.05, 4.69) is 84.0 Å². The normalized spacial score (nSPS) is 16.1. The Morgan fingerprint density at radius 2 is 1.91 bits per heavy atom. The first-order chi connectivity index (χ1) is 11.3. The van der Waals surface area contributed by atoms with Crippen molar-refractivity contribution >= 4 is 70.8 Å². The van der Waals surface area contributed by atoms with Crippen molar-refractivity contribution in [3.05, 3.63) is 40.8 Å². The van der Waals surface area contributed by atoms with Gasteiger partial charge in [-0.1, -0.05) is 12.1 Å². The predicted molar refractivity (Wildman–Crippen MR) is 117 cm³/mol. The summed E-state index contributed by atoms with van der Waals surface area (Å²) in [5.41, 5.74) is 3.34. The lowest BCUT2D eigenvalue weighted by Crippen LogP contribution is -2.46. The Labute approximate surface area is 164 Å². The van der Waals surface area contributed by atoms with E-state index in [-0.39, 0.29) is 0 Å². The first-order valence-electron chi connectivity index (χ1n) is 7.47. The molecule has 0 atom stereocenters. The molecule has 2 aliphatic heterocycles. The molecule has 1 aromatic heterocycles. The molecular formula is C16H18I2N4S. The Morgan fingerprint density at radius 1 is 1.17 bits per heavy atom. The summed E-state index contributed by atoms with van der Waals surface area (Å²) < 4.78 is 0. The van der Waals surface area contributed by atoms with Gasteiger partial charge in [0.15, 0.2) is 0 Å². The summed E-state index contributed by atoms with van der Waals surface area (Å²) in [7, 11) is 0.